The second-order valence-corrected chi connectivity index (χ2v) is 6.53. The number of carbonyl (C=O) groups is 1. The average Bonchev–Trinajstić information content (AvgIpc) is 2.96. The third kappa shape index (κ3) is 3.67. The quantitative estimate of drug-likeness (QED) is 0.837. The molecule has 2 aliphatic rings. The summed E-state index contributed by atoms with van der Waals surface area (Å²) in [6.07, 6.45) is 8.10. The van der Waals surface area contributed by atoms with E-state index in [4.69, 9.17) is 0 Å². The number of carbonyl (C=O) groups excluding carboxylic acids is 1. The number of nitrogens with one attached hydrogen (secondary N) is 1. The predicted octanol–water partition coefficient (Wildman–Crippen LogP) is 2.50. The molecule has 1 N–H and O–H groups in total. The van der Waals surface area contributed by atoms with Crippen molar-refractivity contribution in [3.05, 3.63) is 24.0 Å². The minimum atomic E-state index is 0.217. The number of hydrogen-bond donors (Lipinski definition) is 1. The molecule has 1 aromatic heterocycles. The van der Waals surface area contributed by atoms with Gasteiger partial charge in [-0.05, 0) is 56.7 Å². The van der Waals surface area contributed by atoms with Crippen LogP contribution in [0, 0.1) is 5.92 Å². The summed E-state index contributed by atoms with van der Waals surface area (Å²) in [4.78, 5) is 15.0. The molecule has 1 atom stereocenters. The van der Waals surface area contributed by atoms with Gasteiger partial charge in [0.05, 0.1) is 0 Å². The summed E-state index contributed by atoms with van der Waals surface area (Å²) in [5.74, 6) is 0.957. The van der Waals surface area contributed by atoms with E-state index in [0.717, 1.165) is 44.2 Å². The summed E-state index contributed by atoms with van der Waals surface area (Å²) in [6, 6.07) is 4.45. The molecule has 0 aromatic carbocycles. The lowest BCUT2D eigenvalue weighted by atomic mass is 10.2. The molecule has 4 nitrogen and oxygen atoms in total. The summed E-state index contributed by atoms with van der Waals surface area (Å²) in [5.41, 5.74) is 0.857. The first kappa shape index (κ1) is 14.6. The maximum Gasteiger partial charge on any atom is 0.270 e. The normalized spacial score (nSPS) is 21.7. The van der Waals surface area contributed by atoms with E-state index < -0.39 is 0 Å². The highest BCUT2D eigenvalue weighted by Crippen LogP contribution is 2.30. The average molecular weight is 289 g/mol. The maximum atomic E-state index is 12.9. The molecule has 1 unspecified atom stereocenters. The fraction of sp³-hybridized carbons (Fsp3) is 0.706. The van der Waals surface area contributed by atoms with Gasteiger partial charge in [-0.3, -0.25) is 4.79 Å². The lowest BCUT2D eigenvalue weighted by Gasteiger charge is -2.26. The van der Waals surface area contributed by atoms with Crippen LogP contribution in [0.2, 0.25) is 0 Å². The second kappa shape index (κ2) is 6.65. The minimum Gasteiger partial charge on any atom is -0.344 e. The van der Waals surface area contributed by atoms with Crippen LogP contribution in [0.25, 0.3) is 0 Å². The molecule has 116 valence electrons. The molecule has 21 heavy (non-hydrogen) atoms. The fourth-order valence-corrected chi connectivity index (χ4v) is 3.24. The van der Waals surface area contributed by atoms with Crippen LogP contribution in [0.3, 0.4) is 0 Å². The van der Waals surface area contributed by atoms with Gasteiger partial charge in [-0.25, -0.2) is 0 Å². The highest BCUT2D eigenvalue weighted by molar-refractivity contribution is 5.92. The van der Waals surface area contributed by atoms with Gasteiger partial charge in [0.15, 0.2) is 0 Å². The monoisotopic (exact) mass is 289 g/mol. The summed E-state index contributed by atoms with van der Waals surface area (Å²) >= 11 is 0. The third-order valence-electron chi connectivity index (χ3n) is 4.58. The van der Waals surface area contributed by atoms with Gasteiger partial charge in [0.2, 0.25) is 0 Å². The molecule has 0 spiro atoms. The van der Waals surface area contributed by atoms with Gasteiger partial charge in [-0.15, -0.1) is 0 Å². The van der Waals surface area contributed by atoms with Crippen LogP contribution >= 0.6 is 0 Å². The summed E-state index contributed by atoms with van der Waals surface area (Å²) in [6.45, 7) is 5.98. The maximum absolute atomic E-state index is 12.9. The molecule has 0 radical (unpaired) electrons. The van der Waals surface area contributed by atoms with Gasteiger partial charge >= 0.3 is 0 Å². The van der Waals surface area contributed by atoms with Crippen molar-refractivity contribution in [2.45, 2.75) is 51.6 Å². The molecule has 1 amide bonds. The fourth-order valence-electron chi connectivity index (χ4n) is 3.24. The highest BCUT2D eigenvalue weighted by Gasteiger charge is 2.30. The predicted molar refractivity (Wildman–Crippen MR) is 84.4 cm³/mol. The Hall–Kier alpha value is -1.29. The minimum absolute atomic E-state index is 0.217. The smallest absolute Gasteiger partial charge is 0.270 e. The van der Waals surface area contributed by atoms with E-state index in [9.17, 15) is 4.79 Å². The van der Waals surface area contributed by atoms with Crippen molar-refractivity contribution >= 4 is 5.91 Å². The Kier molecular flexibility index (Phi) is 4.63. The summed E-state index contributed by atoms with van der Waals surface area (Å²) in [7, 11) is 0. The SMILES string of the molecule is CCCn1cccc1C(=O)N(CC1CC1)CC1CCCN1. The summed E-state index contributed by atoms with van der Waals surface area (Å²) in [5, 5.41) is 3.52. The highest BCUT2D eigenvalue weighted by atomic mass is 16.2. The Balaban J connectivity index is 1.70. The second-order valence-electron chi connectivity index (χ2n) is 6.53. The molecule has 1 aromatic rings. The third-order valence-corrected chi connectivity index (χ3v) is 4.58. The van der Waals surface area contributed by atoms with Crippen molar-refractivity contribution in [3.8, 4) is 0 Å². The van der Waals surface area contributed by atoms with Crippen LogP contribution < -0.4 is 5.32 Å². The summed E-state index contributed by atoms with van der Waals surface area (Å²) < 4.78 is 2.10. The number of rotatable bonds is 7. The number of amides is 1. The topological polar surface area (TPSA) is 37.3 Å². The zero-order chi connectivity index (χ0) is 14.7. The zero-order valence-corrected chi connectivity index (χ0v) is 13.1. The van der Waals surface area contributed by atoms with Gasteiger partial charge in [-0.1, -0.05) is 6.92 Å². The number of hydrogen-bond acceptors (Lipinski definition) is 2. The first-order valence-electron chi connectivity index (χ1n) is 8.45. The molecular formula is C17H27N3O. The molecule has 2 fully saturated rings. The van der Waals surface area contributed by atoms with E-state index >= 15 is 0 Å². The first-order chi connectivity index (χ1) is 10.3. The van der Waals surface area contributed by atoms with Gasteiger partial charge in [-0.2, -0.15) is 0 Å². The van der Waals surface area contributed by atoms with Gasteiger partial charge < -0.3 is 14.8 Å². The largest absolute Gasteiger partial charge is 0.344 e. The van der Waals surface area contributed by atoms with Crippen molar-refractivity contribution < 1.29 is 4.79 Å². The molecule has 2 heterocycles. The van der Waals surface area contributed by atoms with E-state index in [0.29, 0.717) is 6.04 Å². The molecular weight excluding hydrogens is 262 g/mol. The molecule has 1 aliphatic carbocycles. The van der Waals surface area contributed by atoms with Crippen LogP contribution in [0.4, 0.5) is 0 Å². The van der Waals surface area contributed by atoms with E-state index in [1.54, 1.807) is 0 Å². The Morgan fingerprint density at radius 3 is 2.90 bits per heavy atom. The van der Waals surface area contributed by atoms with E-state index in [1.807, 2.05) is 18.3 Å². The van der Waals surface area contributed by atoms with Crippen molar-refractivity contribution in [1.29, 1.82) is 0 Å². The number of aromatic nitrogens is 1. The van der Waals surface area contributed by atoms with E-state index in [-0.39, 0.29) is 5.91 Å². The van der Waals surface area contributed by atoms with Crippen LogP contribution in [-0.2, 0) is 6.54 Å². The number of aryl methyl sites for hydroxylation is 1. The standard InChI is InChI=1S/C17H27N3O/c1-2-10-19-11-4-6-16(19)17(21)20(12-14-7-8-14)13-15-5-3-9-18-15/h4,6,11,14-15,18H,2-3,5,7-10,12-13H2,1H3. The Bertz CT molecular complexity index is 472. The van der Waals surface area contributed by atoms with Crippen LogP contribution in [-0.4, -0.2) is 41.1 Å². The Morgan fingerprint density at radius 2 is 2.24 bits per heavy atom. The van der Waals surface area contributed by atoms with Crippen LogP contribution in [0.1, 0.15) is 49.5 Å². The first-order valence-corrected chi connectivity index (χ1v) is 8.45. The van der Waals surface area contributed by atoms with Crippen molar-refractivity contribution in [2.24, 2.45) is 5.92 Å². The van der Waals surface area contributed by atoms with Gasteiger partial charge in [0.25, 0.3) is 5.91 Å². The van der Waals surface area contributed by atoms with Crippen molar-refractivity contribution in [2.75, 3.05) is 19.6 Å². The molecule has 1 aliphatic heterocycles. The lowest BCUT2D eigenvalue weighted by molar-refractivity contribution is 0.0722. The van der Waals surface area contributed by atoms with E-state index in [1.165, 1.54) is 25.7 Å². The van der Waals surface area contributed by atoms with Crippen LogP contribution in [0.5, 0.6) is 0 Å². The van der Waals surface area contributed by atoms with Crippen LogP contribution in [0.15, 0.2) is 18.3 Å². The van der Waals surface area contributed by atoms with Crippen molar-refractivity contribution in [3.63, 3.8) is 0 Å². The molecule has 4 heteroatoms. The lowest BCUT2D eigenvalue weighted by Crippen LogP contribution is -2.42. The van der Waals surface area contributed by atoms with E-state index in [2.05, 4.69) is 21.7 Å². The molecule has 1 saturated heterocycles. The van der Waals surface area contributed by atoms with Crippen molar-refractivity contribution in [1.82, 2.24) is 14.8 Å². The Labute approximate surface area is 127 Å². The molecule has 0 bridgehead atoms. The molecule has 1 saturated carbocycles. The Morgan fingerprint density at radius 1 is 1.38 bits per heavy atom. The number of nitrogens with zero attached hydrogens (tertiary/aromatic N) is 2. The molecule has 3 rings (SSSR count). The zero-order valence-electron chi connectivity index (χ0n) is 13.1. The van der Waals surface area contributed by atoms with Gasteiger partial charge in [0.1, 0.15) is 5.69 Å². The van der Waals surface area contributed by atoms with Gasteiger partial charge in [0, 0.05) is 31.9 Å².